The topological polar surface area (TPSA) is 15.8 Å². The highest BCUT2D eigenvalue weighted by Gasteiger charge is 2.07. The molecule has 0 saturated carbocycles. The Bertz CT molecular complexity index is 700. The summed E-state index contributed by atoms with van der Waals surface area (Å²) in [6.07, 6.45) is 3.13. The van der Waals surface area contributed by atoms with E-state index in [9.17, 15) is 0 Å². The molecule has 1 nitrogen and oxygen atoms in total. The molecule has 0 aliphatic rings. The zero-order valence-corrected chi connectivity index (χ0v) is 12.2. The fourth-order valence-electron chi connectivity index (χ4n) is 2.20. The Labute approximate surface area is 122 Å². The Morgan fingerprint density at radius 1 is 1.11 bits per heavy atom. The molecule has 0 radical (unpaired) electrons. The molecular formula is C16H14ClNS. The summed E-state index contributed by atoms with van der Waals surface area (Å²) in [6.45, 7) is 2.18. The van der Waals surface area contributed by atoms with Crippen LogP contribution < -0.4 is 0 Å². The van der Waals surface area contributed by atoms with E-state index in [1.807, 2.05) is 12.1 Å². The second kappa shape index (κ2) is 5.32. The maximum absolute atomic E-state index is 5.91. The van der Waals surface area contributed by atoms with Crippen molar-refractivity contribution in [3.05, 3.63) is 59.2 Å². The second-order valence-corrected chi connectivity index (χ2v) is 5.95. The minimum absolute atomic E-state index is 0.775. The van der Waals surface area contributed by atoms with Crippen molar-refractivity contribution in [2.75, 3.05) is 0 Å². The van der Waals surface area contributed by atoms with Gasteiger partial charge in [-0.3, -0.25) is 0 Å². The molecular weight excluding hydrogens is 274 g/mol. The van der Waals surface area contributed by atoms with Crippen LogP contribution in [0, 0.1) is 0 Å². The van der Waals surface area contributed by atoms with Crippen molar-refractivity contribution in [1.82, 2.24) is 4.98 Å². The van der Waals surface area contributed by atoms with E-state index in [-0.39, 0.29) is 0 Å². The molecule has 0 spiro atoms. The van der Waals surface area contributed by atoms with E-state index in [4.69, 9.17) is 11.6 Å². The van der Waals surface area contributed by atoms with Gasteiger partial charge in [0.05, 0.1) is 0 Å². The number of aromatic nitrogens is 1. The first-order valence-corrected chi connectivity index (χ1v) is 7.50. The van der Waals surface area contributed by atoms with Crippen molar-refractivity contribution < 1.29 is 0 Å². The molecule has 0 fully saturated rings. The Hall–Kier alpha value is -1.38. The van der Waals surface area contributed by atoms with Gasteiger partial charge in [0.25, 0.3) is 0 Å². The average molecular weight is 288 g/mol. The molecule has 1 aromatic heterocycles. The van der Waals surface area contributed by atoms with Crippen molar-refractivity contribution in [2.24, 2.45) is 0 Å². The fraction of sp³-hybridized carbons (Fsp3) is 0.125. The number of rotatable bonds is 3. The lowest BCUT2D eigenvalue weighted by molar-refractivity contribution is 1.15. The summed E-state index contributed by atoms with van der Waals surface area (Å²) in [5.41, 5.74) is 2.61. The van der Waals surface area contributed by atoms with Gasteiger partial charge >= 0.3 is 0 Å². The predicted molar refractivity (Wildman–Crippen MR) is 83.3 cm³/mol. The molecule has 0 amide bonds. The summed E-state index contributed by atoms with van der Waals surface area (Å²) >= 11 is 7.67. The SMILES string of the molecule is CCc1cccc2c(Sc3ccc(Cl)cc3)c[nH]c12. The maximum Gasteiger partial charge on any atom is 0.0498 e. The van der Waals surface area contributed by atoms with Crippen LogP contribution in [-0.2, 0) is 6.42 Å². The number of hydrogen-bond donors (Lipinski definition) is 1. The van der Waals surface area contributed by atoms with E-state index < -0.39 is 0 Å². The number of H-pyrrole nitrogens is 1. The van der Waals surface area contributed by atoms with E-state index in [1.165, 1.54) is 26.3 Å². The number of nitrogens with one attached hydrogen (secondary N) is 1. The molecule has 0 atom stereocenters. The molecule has 19 heavy (non-hydrogen) atoms. The van der Waals surface area contributed by atoms with Gasteiger partial charge in [-0.15, -0.1) is 0 Å². The average Bonchev–Trinajstić information content (AvgIpc) is 2.84. The van der Waals surface area contributed by atoms with Crippen molar-refractivity contribution in [3.63, 3.8) is 0 Å². The number of hydrogen-bond acceptors (Lipinski definition) is 1. The minimum Gasteiger partial charge on any atom is -0.360 e. The normalized spacial score (nSPS) is 11.1. The third-order valence-corrected chi connectivity index (χ3v) is 4.50. The first kappa shape index (κ1) is 12.6. The molecule has 3 aromatic rings. The van der Waals surface area contributed by atoms with Gasteiger partial charge in [0.15, 0.2) is 0 Å². The van der Waals surface area contributed by atoms with Gasteiger partial charge < -0.3 is 4.98 Å². The van der Waals surface area contributed by atoms with Gasteiger partial charge in [0.2, 0.25) is 0 Å². The summed E-state index contributed by atoms with van der Waals surface area (Å²) in [4.78, 5) is 5.85. The van der Waals surface area contributed by atoms with Gasteiger partial charge in [-0.25, -0.2) is 0 Å². The zero-order valence-electron chi connectivity index (χ0n) is 10.6. The van der Waals surface area contributed by atoms with Crippen molar-refractivity contribution in [2.45, 2.75) is 23.1 Å². The molecule has 1 heterocycles. The van der Waals surface area contributed by atoms with Gasteiger partial charge in [-0.2, -0.15) is 0 Å². The van der Waals surface area contributed by atoms with Crippen LogP contribution in [0.25, 0.3) is 10.9 Å². The van der Waals surface area contributed by atoms with Gasteiger partial charge in [0, 0.05) is 31.9 Å². The lowest BCUT2D eigenvalue weighted by Crippen LogP contribution is -1.81. The fourth-order valence-corrected chi connectivity index (χ4v) is 3.25. The summed E-state index contributed by atoms with van der Waals surface area (Å²) in [7, 11) is 0. The third kappa shape index (κ3) is 2.51. The first-order chi connectivity index (χ1) is 9.28. The summed E-state index contributed by atoms with van der Waals surface area (Å²) < 4.78 is 0. The highest BCUT2D eigenvalue weighted by Crippen LogP contribution is 2.35. The monoisotopic (exact) mass is 287 g/mol. The van der Waals surface area contributed by atoms with E-state index in [1.54, 1.807) is 11.8 Å². The van der Waals surface area contributed by atoms with Crippen LogP contribution in [0.1, 0.15) is 12.5 Å². The highest BCUT2D eigenvalue weighted by atomic mass is 35.5. The van der Waals surface area contributed by atoms with Crippen molar-refractivity contribution >= 4 is 34.3 Å². The van der Waals surface area contributed by atoms with Crippen LogP contribution in [0.15, 0.2) is 58.5 Å². The lowest BCUT2D eigenvalue weighted by atomic mass is 10.1. The molecule has 0 aliphatic heterocycles. The molecule has 3 heteroatoms. The minimum atomic E-state index is 0.775. The Morgan fingerprint density at radius 3 is 2.63 bits per heavy atom. The molecule has 0 saturated heterocycles. The van der Waals surface area contributed by atoms with Crippen LogP contribution in [-0.4, -0.2) is 4.98 Å². The quantitative estimate of drug-likeness (QED) is 0.669. The smallest absolute Gasteiger partial charge is 0.0498 e. The number of para-hydroxylation sites is 1. The predicted octanol–water partition coefficient (Wildman–Crippen LogP) is 5.53. The van der Waals surface area contributed by atoms with E-state index in [0.717, 1.165) is 11.4 Å². The summed E-state index contributed by atoms with van der Waals surface area (Å²) in [5.74, 6) is 0. The number of aryl methyl sites for hydroxylation is 1. The number of halogens is 1. The van der Waals surface area contributed by atoms with E-state index >= 15 is 0 Å². The Balaban J connectivity index is 1.99. The van der Waals surface area contributed by atoms with Crippen LogP contribution in [0.2, 0.25) is 5.02 Å². The molecule has 3 rings (SSSR count). The largest absolute Gasteiger partial charge is 0.360 e. The Kier molecular flexibility index (Phi) is 3.54. The molecule has 0 unspecified atom stereocenters. The highest BCUT2D eigenvalue weighted by molar-refractivity contribution is 7.99. The standard InChI is InChI=1S/C16H14ClNS/c1-2-11-4-3-5-14-15(10-18-16(11)14)19-13-8-6-12(17)7-9-13/h3-10,18H,2H2,1H3. The van der Waals surface area contributed by atoms with E-state index in [2.05, 4.69) is 48.4 Å². The van der Waals surface area contributed by atoms with Crippen LogP contribution in [0.5, 0.6) is 0 Å². The van der Waals surface area contributed by atoms with Gasteiger partial charge in [-0.05, 0) is 36.2 Å². The second-order valence-electron chi connectivity index (χ2n) is 4.40. The van der Waals surface area contributed by atoms with Gasteiger partial charge in [-0.1, -0.05) is 48.5 Å². The lowest BCUT2D eigenvalue weighted by Gasteiger charge is -2.02. The molecule has 2 aromatic carbocycles. The van der Waals surface area contributed by atoms with Crippen molar-refractivity contribution in [1.29, 1.82) is 0 Å². The summed E-state index contributed by atoms with van der Waals surface area (Å²) in [5, 5.41) is 2.07. The molecule has 0 aliphatic carbocycles. The maximum atomic E-state index is 5.91. The third-order valence-electron chi connectivity index (χ3n) is 3.19. The first-order valence-electron chi connectivity index (χ1n) is 6.30. The van der Waals surface area contributed by atoms with Gasteiger partial charge in [0.1, 0.15) is 0 Å². The molecule has 1 N–H and O–H groups in total. The molecule has 96 valence electrons. The summed E-state index contributed by atoms with van der Waals surface area (Å²) in [6, 6.07) is 14.4. The van der Waals surface area contributed by atoms with E-state index in [0.29, 0.717) is 0 Å². The number of fused-ring (bicyclic) bond motifs is 1. The Morgan fingerprint density at radius 2 is 1.89 bits per heavy atom. The zero-order chi connectivity index (χ0) is 13.2. The van der Waals surface area contributed by atoms with Crippen molar-refractivity contribution in [3.8, 4) is 0 Å². The number of aromatic amines is 1. The molecule has 0 bridgehead atoms. The number of benzene rings is 2. The van der Waals surface area contributed by atoms with Crippen LogP contribution in [0.4, 0.5) is 0 Å². The van der Waals surface area contributed by atoms with Crippen LogP contribution >= 0.6 is 23.4 Å². The van der Waals surface area contributed by atoms with Crippen LogP contribution in [0.3, 0.4) is 0 Å².